The van der Waals surface area contributed by atoms with Crippen molar-refractivity contribution in [1.82, 2.24) is 5.43 Å². The van der Waals surface area contributed by atoms with Crippen molar-refractivity contribution in [2.75, 3.05) is 6.61 Å². The lowest BCUT2D eigenvalue weighted by atomic mass is 10.2. The molecule has 2 aromatic carbocycles. The Morgan fingerprint density at radius 3 is 2.79 bits per heavy atom. The van der Waals surface area contributed by atoms with Crippen LogP contribution in [0.5, 0.6) is 5.75 Å². The van der Waals surface area contributed by atoms with E-state index in [9.17, 15) is 4.79 Å². The Bertz CT molecular complexity index is 1060. The van der Waals surface area contributed by atoms with Crippen LogP contribution in [0.2, 0.25) is 0 Å². The number of rotatable bonds is 6. The molecule has 8 heteroatoms. The van der Waals surface area contributed by atoms with Crippen LogP contribution in [-0.2, 0) is 4.79 Å². The van der Waals surface area contributed by atoms with E-state index in [4.69, 9.17) is 14.4 Å². The Morgan fingerprint density at radius 2 is 2.04 bits per heavy atom. The van der Waals surface area contributed by atoms with E-state index in [0.717, 1.165) is 13.6 Å². The Balaban J connectivity index is 1.53. The van der Waals surface area contributed by atoms with Gasteiger partial charge in [0.15, 0.2) is 6.61 Å². The lowest BCUT2D eigenvalue weighted by molar-refractivity contribution is -0.123. The summed E-state index contributed by atoms with van der Waals surface area (Å²) >= 11 is 5.52. The number of carbonyl (C=O) groups is 1. The van der Waals surface area contributed by atoms with E-state index in [2.05, 4.69) is 49.0 Å². The molecule has 140 valence electrons. The topological polar surface area (TPSA) is 87.6 Å². The average molecular weight is 550 g/mol. The zero-order valence-corrected chi connectivity index (χ0v) is 18.1. The number of furan rings is 1. The predicted octanol–water partition coefficient (Wildman–Crippen LogP) is 4.71. The lowest BCUT2D eigenvalue weighted by Crippen LogP contribution is -2.24. The smallest absolute Gasteiger partial charge is 0.277 e. The highest BCUT2D eigenvalue weighted by Crippen LogP contribution is 2.23. The van der Waals surface area contributed by atoms with Gasteiger partial charge in [-0.15, -0.1) is 0 Å². The van der Waals surface area contributed by atoms with Crippen molar-refractivity contribution in [3.63, 3.8) is 0 Å². The lowest BCUT2D eigenvalue weighted by Gasteiger charge is -2.06. The molecule has 0 aliphatic heterocycles. The van der Waals surface area contributed by atoms with Crippen molar-refractivity contribution in [2.45, 2.75) is 0 Å². The van der Waals surface area contributed by atoms with Crippen molar-refractivity contribution >= 4 is 50.6 Å². The minimum absolute atomic E-state index is 0.264. The molecule has 1 amide bonds. The molecule has 0 bridgehead atoms. The van der Waals surface area contributed by atoms with Gasteiger partial charge in [0.1, 0.15) is 23.3 Å². The number of hydrazone groups is 1. The van der Waals surface area contributed by atoms with Crippen LogP contribution in [0, 0.1) is 14.9 Å². The van der Waals surface area contributed by atoms with Crippen LogP contribution in [0.4, 0.5) is 0 Å². The maximum atomic E-state index is 11.9. The molecule has 3 rings (SSSR count). The molecule has 1 aromatic heterocycles. The molecule has 0 saturated heterocycles. The molecular formula is C20H13BrIN3O3. The van der Waals surface area contributed by atoms with Gasteiger partial charge in [0.05, 0.1) is 11.8 Å². The van der Waals surface area contributed by atoms with E-state index < -0.39 is 5.91 Å². The van der Waals surface area contributed by atoms with Gasteiger partial charge in [-0.3, -0.25) is 4.79 Å². The first-order chi connectivity index (χ1) is 13.5. The summed E-state index contributed by atoms with van der Waals surface area (Å²) in [5, 5.41) is 12.9. The fraction of sp³-hybridized carbons (Fsp3) is 0.0500. The standard InChI is InChI=1S/C20H13BrIN3O3/c21-15-3-7-18(14(9-15)10-23)27-12-20(26)25-24-11-17-6-8-19(28-17)13-1-4-16(22)5-2-13/h1-9,11H,12H2,(H,25,26)/b24-11+. The summed E-state index contributed by atoms with van der Waals surface area (Å²) in [4.78, 5) is 11.9. The molecule has 1 heterocycles. The number of benzene rings is 2. The van der Waals surface area contributed by atoms with Gasteiger partial charge in [0.25, 0.3) is 5.91 Å². The van der Waals surface area contributed by atoms with Crippen LogP contribution in [0.3, 0.4) is 0 Å². The molecule has 0 unspecified atom stereocenters. The normalized spacial score (nSPS) is 10.6. The molecule has 0 saturated carbocycles. The molecule has 0 fully saturated rings. The van der Waals surface area contributed by atoms with Crippen molar-refractivity contribution in [3.05, 3.63) is 74.0 Å². The third kappa shape index (κ3) is 5.43. The van der Waals surface area contributed by atoms with Crippen molar-refractivity contribution in [3.8, 4) is 23.1 Å². The first-order valence-electron chi connectivity index (χ1n) is 8.05. The molecule has 0 radical (unpaired) electrons. The minimum atomic E-state index is -0.451. The number of nitriles is 1. The zero-order valence-electron chi connectivity index (χ0n) is 14.4. The molecule has 28 heavy (non-hydrogen) atoms. The number of hydrogen-bond donors (Lipinski definition) is 1. The summed E-state index contributed by atoms with van der Waals surface area (Å²) in [5.41, 5.74) is 3.66. The molecule has 0 aliphatic carbocycles. The second-order valence-electron chi connectivity index (χ2n) is 5.54. The van der Waals surface area contributed by atoms with Crippen LogP contribution in [0.15, 0.2) is 68.6 Å². The number of nitrogens with one attached hydrogen (secondary N) is 1. The molecule has 0 aliphatic rings. The summed E-state index contributed by atoms with van der Waals surface area (Å²) < 4.78 is 13.0. The Labute approximate surface area is 183 Å². The number of halogens is 2. The third-order valence-electron chi connectivity index (χ3n) is 3.56. The maximum absolute atomic E-state index is 11.9. The zero-order chi connectivity index (χ0) is 19.9. The van der Waals surface area contributed by atoms with E-state index in [-0.39, 0.29) is 6.61 Å². The van der Waals surface area contributed by atoms with E-state index in [1.54, 1.807) is 24.3 Å². The van der Waals surface area contributed by atoms with Crippen molar-refractivity contribution in [2.24, 2.45) is 5.10 Å². The van der Waals surface area contributed by atoms with Crippen molar-refractivity contribution in [1.29, 1.82) is 5.26 Å². The predicted molar refractivity (Wildman–Crippen MR) is 117 cm³/mol. The van der Waals surface area contributed by atoms with Gasteiger partial charge in [-0.1, -0.05) is 28.1 Å². The second kappa shape index (κ2) is 9.52. The highest BCUT2D eigenvalue weighted by atomic mass is 127. The summed E-state index contributed by atoms with van der Waals surface area (Å²) in [6.07, 6.45) is 1.41. The van der Waals surface area contributed by atoms with Gasteiger partial charge in [0, 0.05) is 13.6 Å². The fourth-order valence-corrected chi connectivity index (χ4v) is 2.97. The van der Waals surface area contributed by atoms with E-state index in [1.165, 1.54) is 6.21 Å². The SMILES string of the molecule is N#Cc1cc(Br)ccc1OCC(=O)N/N=C/c1ccc(-c2ccc(I)cc2)o1. The first kappa shape index (κ1) is 20.1. The van der Waals surface area contributed by atoms with Gasteiger partial charge in [-0.25, -0.2) is 5.43 Å². The van der Waals surface area contributed by atoms with Gasteiger partial charge in [-0.05, 0) is 65.1 Å². The number of nitrogens with zero attached hydrogens (tertiary/aromatic N) is 2. The third-order valence-corrected chi connectivity index (χ3v) is 4.77. The van der Waals surface area contributed by atoms with E-state index in [1.807, 2.05) is 36.4 Å². The Hall–Kier alpha value is -2.64. The van der Waals surface area contributed by atoms with Crippen molar-refractivity contribution < 1.29 is 13.9 Å². The summed E-state index contributed by atoms with van der Waals surface area (Å²) in [5.74, 6) is 1.10. The van der Waals surface area contributed by atoms with Crippen LogP contribution < -0.4 is 10.2 Å². The van der Waals surface area contributed by atoms with E-state index >= 15 is 0 Å². The first-order valence-corrected chi connectivity index (χ1v) is 9.92. The van der Waals surface area contributed by atoms with Gasteiger partial charge in [-0.2, -0.15) is 10.4 Å². The number of amides is 1. The average Bonchev–Trinajstić information content (AvgIpc) is 3.16. The van der Waals surface area contributed by atoms with Crippen LogP contribution >= 0.6 is 38.5 Å². The largest absolute Gasteiger partial charge is 0.482 e. The van der Waals surface area contributed by atoms with Gasteiger partial charge < -0.3 is 9.15 Å². The van der Waals surface area contributed by atoms with Crippen LogP contribution in [0.1, 0.15) is 11.3 Å². The quantitative estimate of drug-likeness (QED) is 0.274. The monoisotopic (exact) mass is 549 g/mol. The molecule has 0 atom stereocenters. The van der Waals surface area contributed by atoms with Gasteiger partial charge >= 0.3 is 0 Å². The number of hydrogen-bond acceptors (Lipinski definition) is 5. The van der Waals surface area contributed by atoms with Crippen LogP contribution in [-0.4, -0.2) is 18.7 Å². The molecule has 6 nitrogen and oxygen atoms in total. The summed E-state index contributed by atoms with van der Waals surface area (Å²) in [6, 6.07) is 18.5. The number of carbonyl (C=O) groups excluding carboxylic acids is 1. The van der Waals surface area contributed by atoms with E-state index in [0.29, 0.717) is 22.8 Å². The van der Waals surface area contributed by atoms with Gasteiger partial charge in [0.2, 0.25) is 0 Å². The fourth-order valence-electron chi connectivity index (χ4n) is 2.25. The summed E-state index contributed by atoms with van der Waals surface area (Å²) in [7, 11) is 0. The Morgan fingerprint density at radius 1 is 1.25 bits per heavy atom. The minimum Gasteiger partial charge on any atom is -0.482 e. The summed E-state index contributed by atoms with van der Waals surface area (Å²) in [6.45, 7) is -0.264. The molecule has 3 aromatic rings. The van der Waals surface area contributed by atoms with Crippen LogP contribution in [0.25, 0.3) is 11.3 Å². The number of ether oxygens (including phenoxy) is 1. The molecule has 0 spiro atoms. The highest BCUT2D eigenvalue weighted by Gasteiger charge is 2.07. The second-order valence-corrected chi connectivity index (χ2v) is 7.70. The highest BCUT2D eigenvalue weighted by molar-refractivity contribution is 14.1. The molecule has 1 N–H and O–H groups in total. The molecular weight excluding hydrogens is 537 g/mol. The maximum Gasteiger partial charge on any atom is 0.277 e. The Kier molecular flexibility index (Phi) is 6.84.